The first-order valence-corrected chi connectivity index (χ1v) is 7.79. The molecule has 0 aromatic heterocycles. The summed E-state index contributed by atoms with van der Waals surface area (Å²) in [6.45, 7) is 2.08. The average Bonchev–Trinajstić information content (AvgIpc) is 2.29. The molecular weight excluding hydrogens is 258 g/mol. The van der Waals surface area contributed by atoms with Crippen molar-refractivity contribution in [2.75, 3.05) is 12.3 Å². The predicted octanol–water partition coefficient (Wildman–Crippen LogP) is 0.322. The molecule has 0 heterocycles. The quantitative estimate of drug-likeness (QED) is 0.649. The van der Waals surface area contributed by atoms with Crippen LogP contribution in [0.25, 0.3) is 0 Å². The molecule has 1 rings (SSSR count). The van der Waals surface area contributed by atoms with E-state index in [1.54, 1.807) is 0 Å². The van der Waals surface area contributed by atoms with Crippen molar-refractivity contribution in [3.63, 3.8) is 0 Å². The zero-order valence-electron chi connectivity index (χ0n) is 10.6. The van der Waals surface area contributed by atoms with Gasteiger partial charge in [0.15, 0.2) is 0 Å². The number of sulfonamides is 1. The van der Waals surface area contributed by atoms with E-state index in [0.29, 0.717) is 18.8 Å². The first kappa shape index (κ1) is 15.4. The van der Waals surface area contributed by atoms with Crippen molar-refractivity contribution in [1.29, 1.82) is 0 Å². The maximum atomic E-state index is 11.5. The fraction of sp³-hybridized carbons (Fsp3) is 0.909. The molecule has 18 heavy (non-hydrogen) atoms. The number of aliphatic carboxylic acids is 1. The lowest BCUT2D eigenvalue weighted by molar-refractivity contribution is -0.136. The van der Waals surface area contributed by atoms with Gasteiger partial charge in [-0.3, -0.25) is 4.79 Å². The average molecular weight is 279 g/mol. The van der Waals surface area contributed by atoms with Crippen LogP contribution in [0.2, 0.25) is 0 Å². The number of aliphatic hydroxyl groups is 1. The highest BCUT2D eigenvalue weighted by atomic mass is 32.2. The summed E-state index contributed by atoms with van der Waals surface area (Å²) in [4.78, 5) is 10.3. The van der Waals surface area contributed by atoms with Gasteiger partial charge in [0.25, 0.3) is 0 Å². The maximum Gasteiger partial charge on any atom is 0.304 e. The molecule has 3 N–H and O–H groups in total. The van der Waals surface area contributed by atoms with Gasteiger partial charge < -0.3 is 10.2 Å². The van der Waals surface area contributed by atoms with E-state index in [1.807, 2.05) is 0 Å². The first-order chi connectivity index (χ1) is 8.22. The van der Waals surface area contributed by atoms with Crippen LogP contribution < -0.4 is 4.72 Å². The molecule has 106 valence electrons. The van der Waals surface area contributed by atoms with Gasteiger partial charge in [-0.05, 0) is 31.6 Å². The van der Waals surface area contributed by atoms with Crippen molar-refractivity contribution in [3.8, 4) is 0 Å². The Bertz CT molecular complexity index is 384. The fourth-order valence-corrected chi connectivity index (χ4v) is 3.09. The Labute approximate surface area is 107 Å². The van der Waals surface area contributed by atoms with Crippen molar-refractivity contribution in [1.82, 2.24) is 4.72 Å². The second-order valence-corrected chi connectivity index (χ2v) is 7.12. The standard InChI is InChI=1S/C11H21NO5S/c1-9-2-5-11(15,6-3-9)8-12-18(16,17)7-4-10(13)14/h9,12,15H,2-8H2,1H3,(H,13,14). The van der Waals surface area contributed by atoms with E-state index < -0.39 is 33.8 Å². The van der Waals surface area contributed by atoms with Crippen molar-refractivity contribution in [2.24, 2.45) is 5.92 Å². The SMILES string of the molecule is CC1CCC(O)(CNS(=O)(=O)CCC(=O)O)CC1. The Kier molecular flexibility index (Phi) is 5.12. The summed E-state index contributed by atoms with van der Waals surface area (Å²) in [7, 11) is -3.62. The van der Waals surface area contributed by atoms with Gasteiger partial charge >= 0.3 is 5.97 Å². The highest BCUT2D eigenvalue weighted by Crippen LogP contribution is 2.31. The Morgan fingerprint density at radius 1 is 1.39 bits per heavy atom. The summed E-state index contributed by atoms with van der Waals surface area (Å²) in [6, 6.07) is 0. The number of carbonyl (C=O) groups is 1. The summed E-state index contributed by atoms with van der Waals surface area (Å²) in [5.41, 5.74) is -0.983. The fourth-order valence-electron chi connectivity index (χ4n) is 2.01. The second-order valence-electron chi connectivity index (χ2n) is 5.19. The van der Waals surface area contributed by atoms with Crippen LogP contribution in [0.1, 0.15) is 39.0 Å². The summed E-state index contributed by atoms with van der Waals surface area (Å²) in [6.07, 6.45) is 2.50. The Morgan fingerprint density at radius 2 is 1.94 bits per heavy atom. The van der Waals surface area contributed by atoms with Gasteiger partial charge in [-0.2, -0.15) is 0 Å². The summed E-state index contributed by atoms with van der Waals surface area (Å²) in [5, 5.41) is 18.6. The second kappa shape index (κ2) is 5.99. The molecule has 6 nitrogen and oxygen atoms in total. The molecule has 0 amide bonds. The molecule has 0 aromatic carbocycles. The summed E-state index contributed by atoms with van der Waals surface area (Å²) >= 11 is 0. The molecule has 0 atom stereocenters. The zero-order chi connectivity index (χ0) is 13.8. The van der Waals surface area contributed by atoms with Crippen LogP contribution in [-0.4, -0.2) is 42.5 Å². The monoisotopic (exact) mass is 279 g/mol. The molecule has 1 aliphatic carbocycles. The summed E-state index contributed by atoms with van der Waals surface area (Å²) < 4.78 is 25.3. The lowest BCUT2D eigenvalue weighted by Crippen LogP contribution is -2.45. The van der Waals surface area contributed by atoms with Gasteiger partial charge in [-0.25, -0.2) is 13.1 Å². The Hall–Kier alpha value is -0.660. The van der Waals surface area contributed by atoms with E-state index in [9.17, 15) is 18.3 Å². The number of nitrogens with one attached hydrogen (secondary N) is 1. The van der Waals surface area contributed by atoms with Gasteiger partial charge in [0.05, 0.1) is 17.8 Å². The van der Waals surface area contributed by atoms with E-state index in [1.165, 1.54) is 0 Å². The third kappa shape index (κ3) is 5.32. The molecule has 0 radical (unpaired) electrons. The minimum Gasteiger partial charge on any atom is -0.481 e. The minimum absolute atomic E-state index is 0.0261. The molecule has 0 saturated heterocycles. The molecule has 0 aliphatic heterocycles. The normalized spacial score (nSPS) is 29.1. The molecule has 1 saturated carbocycles. The molecular formula is C11H21NO5S. The number of rotatable bonds is 6. The van der Waals surface area contributed by atoms with Gasteiger partial charge in [-0.1, -0.05) is 6.92 Å². The lowest BCUT2D eigenvalue weighted by atomic mass is 9.80. The van der Waals surface area contributed by atoms with Crippen molar-refractivity contribution in [3.05, 3.63) is 0 Å². The van der Waals surface area contributed by atoms with Crippen molar-refractivity contribution >= 4 is 16.0 Å². The third-order valence-electron chi connectivity index (χ3n) is 3.41. The van der Waals surface area contributed by atoms with Gasteiger partial charge in [-0.15, -0.1) is 0 Å². The van der Waals surface area contributed by atoms with Crippen LogP contribution in [0.5, 0.6) is 0 Å². The topological polar surface area (TPSA) is 104 Å². The highest BCUT2D eigenvalue weighted by Gasteiger charge is 2.32. The van der Waals surface area contributed by atoms with E-state index >= 15 is 0 Å². The number of hydrogen-bond acceptors (Lipinski definition) is 4. The van der Waals surface area contributed by atoms with Crippen molar-refractivity contribution in [2.45, 2.75) is 44.6 Å². The third-order valence-corrected chi connectivity index (χ3v) is 4.74. The van der Waals surface area contributed by atoms with Crippen LogP contribution >= 0.6 is 0 Å². The number of carboxylic acids is 1. The van der Waals surface area contributed by atoms with E-state index in [4.69, 9.17) is 5.11 Å². The Balaban J connectivity index is 2.41. The van der Waals surface area contributed by atoms with E-state index in [-0.39, 0.29) is 6.54 Å². The van der Waals surface area contributed by atoms with E-state index in [2.05, 4.69) is 11.6 Å². The number of carboxylic acid groups (broad SMARTS) is 1. The van der Waals surface area contributed by atoms with Gasteiger partial charge in [0.2, 0.25) is 10.0 Å². The van der Waals surface area contributed by atoms with Gasteiger partial charge in [0.1, 0.15) is 0 Å². The van der Waals surface area contributed by atoms with E-state index in [0.717, 1.165) is 12.8 Å². The maximum absolute atomic E-state index is 11.5. The Morgan fingerprint density at radius 3 is 2.44 bits per heavy atom. The molecule has 0 aromatic rings. The van der Waals surface area contributed by atoms with Crippen LogP contribution in [0.15, 0.2) is 0 Å². The van der Waals surface area contributed by atoms with Gasteiger partial charge in [0, 0.05) is 6.54 Å². The highest BCUT2D eigenvalue weighted by molar-refractivity contribution is 7.89. The minimum atomic E-state index is -3.62. The molecule has 0 bridgehead atoms. The van der Waals surface area contributed by atoms with Crippen LogP contribution in [0.3, 0.4) is 0 Å². The molecule has 0 spiro atoms. The molecule has 7 heteroatoms. The molecule has 1 aliphatic rings. The smallest absolute Gasteiger partial charge is 0.304 e. The van der Waals surface area contributed by atoms with Crippen LogP contribution in [-0.2, 0) is 14.8 Å². The largest absolute Gasteiger partial charge is 0.481 e. The zero-order valence-corrected chi connectivity index (χ0v) is 11.4. The lowest BCUT2D eigenvalue weighted by Gasteiger charge is -2.34. The van der Waals surface area contributed by atoms with Crippen LogP contribution in [0.4, 0.5) is 0 Å². The number of hydrogen-bond donors (Lipinski definition) is 3. The van der Waals surface area contributed by atoms with Crippen LogP contribution in [0, 0.1) is 5.92 Å². The summed E-state index contributed by atoms with van der Waals surface area (Å²) in [5.74, 6) is -1.03. The molecule has 0 unspecified atom stereocenters. The predicted molar refractivity (Wildman–Crippen MR) is 66.6 cm³/mol. The molecule has 1 fully saturated rings. The van der Waals surface area contributed by atoms with Crippen molar-refractivity contribution < 1.29 is 23.4 Å². The first-order valence-electron chi connectivity index (χ1n) is 6.14.